The molecule has 0 saturated carbocycles. The third-order valence-electron chi connectivity index (χ3n) is 1.62. The summed E-state index contributed by atoms with van der Waals surface area (Å²) >= 11 is 0. The number of terminal acetylenes is 1. The molecular weight excluding hydrogens is 252 g/mol. The van der Waals surface area contributed by atoms with Gasteiger partial charge in [-0.3, -0.25) is 0 Å². The molecule has 0 bridgehead atoms. The first kappa shape index (κ1) is 16.1. The molecular formula is C9H11F6NO. The lowest BCUT2D eigenvalue weighted by Gasteiger charge is -2.26. The van der Waals surface area contributed by atoms with Crippen LogP contribution >= 0.6 is 0 Å². The maximum absolute atomic E-state index is 12.1. The van der Waals surface area contributed by atoms with Crippen molar-refractivity contribution in [3.63, 3.8) is 0 Å². The van der Waals surface area contributed by atoms with Crippen LogP contribution in [0.25, 0.3) is 0 Å². The maximum Gasteiger partial charge on any atom is 0.423 e. The third-order valence-corrected chi connectivity index (χ3v) is 1.62. The van der Waals surface area contributed by atoms with Gasteiger partial charge < -0.3 is 10.1 Å². The van der Waals surface area contributed by atoms with Gasteiger partial charge >= 0.3 is 12.4 Å². The van der Waals surface area contributed by atoms with Crippen molar-refractivity contribution >= 4 is 0 Å². The molecule has 1 N–H and O–H groups in total. The molecule has 0 fully saturated rings. The fourth-order valence-electron chi connectivity index (χ4n) is 0.968. The van der Waals surface area contributed by atoms with Crippen molar-refractivity contribution in [2.24, 2.45) is 0 Å². The van der Waals surface area contributed by atoms with Crippen molar-refractivity contribution < 1.29 is 31.1 Å². The van der Waals surface area contributed by atoms with Gasteiger partial charge in [0.25, 0.3) is 0 Å². The molecule has 0 aromatic heterocycles. The molecule has 0 heterocycles. The minimum absolute atomic E-state index is 0.0381. The number of rotatable bonds is 5. The fourth-order valence-corrected chi connectivity index (χ4v) is 0.968. The van der Waals surface area contributed by atoms with Gasteiger partial charge in [0.15, 0.2) is 0 Å². The van der Waals surface area contributed by atoms with E-state index in [4.69, 9.17) is 6.42 Å². The van der Waals surface area contributed by atoms with Gasteiger partial charge in [0.1, 0.15) is 0 Å². The van der Waals surface area contributed by atoms with Gasteiger partial charge in [-0.2, -0.15) is 26.3 Å². The first-order valence-electron chi connectivity index (χ1n) is 4.52. The van der Waals surface area contributed by atoms with E-state index in [0.29, 0.717) is 0 Å². The topological polar surface area (TPSA) is 21.3 Å². The summed E-state index contributed by atoms with van der Waals surface area (Å²) in [7, 11) is 0. The second-order valence-corrected chi connectivity index (χ2v) is 3.24. The fraction of sp³-hybridized carbons (Fsp3) is 0.778. The molecule has 2 nitrogen and oxygen atoms in total. The number of ether oxygens (including phenoxy) is 1. The van der Waals surface area contributed by atoms with E-state index < -0.39 is 24.6 Å². The van der Waals surface area contributed by atoms with Gasteiger partial charge in [0.2, 0.25) is 6.10 Å². The lowest BCUT2D eigenvalue weighted by Crippen LogP contribution is -2.47. The highest BCUT2D eigenvalue weighted by atomic mass is 19.4. The van der Waals surface area contributed by atoms with Crippen molar-refractivity contribution in [2.45, 2.75) is 31.5 Å². The molecule has 17 heavy (non-hydrogen) atoms. The lowest BCUT2D eigenvalue weighted by molar-refractivity contribution is -0.329. The molecule has 100 valence electrons. The summed E-state index contributed by atoms with van der Waals surface area (Å²) in [6.45, 7) is 0.928. The SMILES string of the molecule is C#CCNCC(C)OC(C(F)(F)F)C(F)(F)F. The highest BCUT2D eigenvalue weighted by Gasteiger charge is 2.58. The summed E-state index contributed by atoms with van der Waals surface area (Å²) in [4.78, 5) is 0. The Balaban J connectivity index is 4.42. The normalized spacial score (nSPS) is 14.8. The highest BCUT2D eigenvalue weighted by Crippen LogP contribution is 2.36. The Kier molecular flexibility index (Phi) is 5.78. The Hall–Kier alpha value is -0.940. The molecule has 0 aromatic carbocycles. The van der Waals surface area contributed by atoms with Crippen molar-refractivity contribution in [2.75, 3.05) is 13.1 Å². The van der Waals surface area contributed by atoms with Gasteiger partial charge in [0, 0.05) is 6.54 Å². The smallest absolute Gasteiger partial charge is 0.357 e. The van der Waals surface area contributed by atoms with Crippen LogP contribution in [-0.2, 0) is 4.74 Å². The quantitative estimate of drug-likeness (QED) is 0.466. The molecule has 0 radical (unpaired) electrons. The van der Waals surface area contributed by atoms with Gasteiger partial charge in [-0.15, -0.1) is 6.42 Å². The molecule has 0 amide bonds. The van der Waals surface area contributed by atoms with Crippen LogP contribution in [0.1, 0.15) is 6.92 Å². The van der Waals surface area contributed by atoms with Gasteiger partial charge in [0.05, 0.1) is 12.6 Å². The Labute approximate surface area is 94.3 Å². The molecule has 1 unspecified atom stereocenters. The van der Waals surface area contributed by atoms with Crippen molar-refractivity contribution in [1.29, 1.82) is 0 Å². The Morgan fingerprint density at radius 3 is 2.00 bits per heavy atom. The predicted octanol–water partition coefficient (Wildman–Crippen LogP) is 2.11. The van der Waals surface area contributed by atoms with E-state index in [1.807, 2.05) is 0 Å². The molecule has 0 rings (SSSR count). The van der Waals surface area contributed by atoms with Crippen molar-refractivity contribution in [1.82, 2.24) is 5.32 Å². The van der Waals surface area contributed by atoms with Crippen molar-refractivity contribution in [3.8, 4) is 12.3 Å². The second kappa shape index (κ2) is 6.12. The number of nitrogens with one attached hydrogen (secondary N) is 1. The number of hydrogen-bond donors (Lipinski definition) is 1. The first-order chi connectivity index (χ1) is 7.59. The zero-order valence-electron chi connectivity index (χ0n) is 8.82. The van der Waals surface area contributed by atoms with Crippen LogP contribution in [0.5, 0.6) is 0 Å². The van der Waals surface area contributed by atoms with Crippen molar-refractivity contribution in [3.05, 3.63) is 0 Å². The van der Waals surface area contributed by atoms with E-state index in [0.717, 1.165) is 6.92 Å². The largest absolute Gasteiger partial charge is 0.423 e. The first-order valence-corrected chi connectivity index (χ1v) is 4.52. The van der Waals surface area contributed by atoms with E-state index in [2.05, 4.69) is 16.0 Å². The van der Waals surface area contributed by atoms with E-state index in [1.54, 1.807) is 0 Å². The summed E-state index contributed by atoms with van der Waals surface area (Å²) in [5.74, 6) is 2.13. The standard InChI is InChI=1S/C9H11F6NO/c1-3-4-16-5-6(2)17-7(8(10,11)12)9(13,14)15/h1,6-7,16H,4-5H2,2H3. The zero-order valence-corrected chi connectivity index (χ0v) is 8.82. The number of hydrogen-bond acceptors (Lipinski definition) is 2. The monoisotopic (exact) mass is 263 g/mol. The molecule has 0 aromatic rings. The molecule has 8 heteroatoms. The van der Waals surface area contributed by atoms with Crippen LogP contribution in [0.2, 0.25) is 0 Å². The summed E-state index contributed by atoms with van der Waals surface area (Å²) < 4.78 is 76.3. The Bertz CT molecular complexity index is 252. The van der Waals surface area contributed by atoms with E-state index >= 15 is 0 Å². The van der Waals surface area contributed by atoms with Crippen LogP contribution in [0.4, 0.5) is 26.3 Å². The van der Waals surface area contributed by atoms with Gasteiger partial charge in [-0.1, -0.05) is 5.92 Å². The lowest BCUT2D eigenvalue weighted by atomic mass is 10.3. The molecule has 0 spiro atoms. The van der Waals surface area contributed by atoms with Crippen LogP contribution in [0, 0.1) is 12.3 Å². The average Bonchev–Trinajstić information content (AvgIpc) is 2.11. The van der Waals surface area contributed by atoms with Crippen LogP contribution in [0.3, 0.4) is 0 Å². The molecule has 0 aliphatic rings. The second-order valence-electron chi connectivity index (χ2n) is 3.24. The predicted molar refractivity (Wildman–Crippen MR) is 48.1 cm³/mol. The van der Waals surface area contributed by atoms with E-state index in [-0.39, 0.29) is 13.1 Å². The molecule has 1 atom stereocenters. The van der Waals surface area contributed by atoms with Crippen LogP contribution < -0.4 is 5.32 Å². The Morgan fingerprint density at radius 1 is 1.18 bits per heavy atom. The maximum atomic E-state index is 12.1. The van der Waals surface area contributed by atoms with Gasteiger partial charge in [-0.25, -0.2) is 0 Å². The minimum Gasteiger partial charge on any atom is -0.357 e. The van der Waals surface area contributed by atoms with E-state index in [9.17, 15) is 26.3 Å². The summed E-state index contributed by atoms with van der Waals surface area (Å²) in [5, 5.41) is 2.45. The van der Waals surface area contributed by atoms with E-state index in [1.165, 1.54) is 0 Å². The van der Waals surface area contributed by atoms with Gasteiger partial charge in [-0.05, 0) is 6.92 Å². The number of halogens is 6. The molecule has 0 aliphatic carbocycles. The minimum atomic E-state index is -5.49. The molecule has 0 saturated heterocycles. The molecule has 0 aliphatic heterocycles. The number of alkyl halides is 6. The summed E-state index contributed by atoms with van der Waals surface area (Å²) in [6, 6.07) is 0. The summed E-state index contributed by atoms with van der Waals surface area (Å²) in [5.41, 5.74) is 0. The third kappa shape index (κ3) is 6.38. The summed E-state index contributed by atoms with van der Waals surface area (Å²) in [6.07, 6.45) is -11.2. The van der Waals surface area contributed by atoms with Crippen LogP contribution in [-0.4, -0.2) is 37.7 Å². The average molecular weight is 263 g/mol. The highest BCUT2D eigenvalue weighted by molar-refractivity contribution is 4.87. The Morgan fingerprint density at radius 2 is 1.65 bits per heavy atom. The van der Waals surface area contributed by atoms with Crippen LogP contribution in [0.15, 0.2) is 0 Å². The zero-order chi connectivity index (χ0) is 13.7.